The number of benzene rings is 1. The van der Waals surface area contributed by atoms with Crippen molar-refractivity contribution < 1.29 is 4.74 Å². The monoisotopic (exact) mass is 242 g/mol. The average Bonchev–Trinajstić information content (AvgIpc) is 2.93. The SMILES string of the molecule is CC(Nc1cccc2ncccc12)C1CCOC1. The highest BCUT2D eigenvalue weighted by molar-refractivity contribution is 5.91. The Morgan fingerprint density at radius 2 is 2.28 bits per heavy atom. The van der Waals surface area contributed by atoms with Gasteiger partial charge in [-0.3, -0.25) is 4.98 Å². The molecular formula is C15H18N2O. The van der Waals surface area contributed by atoms with Gasteiger partial charge in [0.2, 0.25) is 0 Å². The number of aromatic nitrogens is 1. The van der Waals surface area contributed by atoms with Gasteiger partial charge in [-0.2, -0.15) is 0 Å². The van der Waals surface area contributed by atoms with Gasteiger partial charge in [-0.15, -0.1) is 0 Å². The van der Waals surface area contributed by atoms with Gasteiger partial charge in [-0.05, 0) is 37.6 Å². The van der Waals surface area contributed by atoms with Crippen molar-refractivity contribution in [3.8, 4) is 0 Å². The van der Waals surface area contributed by atoms with Crippen LogP contribution in [-0.2, 0) is 4.74 Å². The normalized spacial score (nSPS) is 21.1. The molecule has 1 saturated heterocycles. The van der Waals surface area contributed by atoms with Crippen molar-refractivity contribution in [3.63, 3.8) is 0 Å². The topological polar surface area (TPSA) is 34.2 Å². The van der Waals surface area contributed by atoms with E-state index in [0.29, 0.717) is 12.0 Å². The number of pyridine rings is 1. The summed E-state index contributed by atoms with van der Waals surface area (Å²) < 4.78 is 5.45. The minimum Gasteiger partial charge on any atom is -0.382 e. The maximum absolute atomic E-state index is 5.45. The third-order valence-corrected chi connectivity index (χ3v) is 3.70. The summed E-state index contributed by atoms with van der Waals surface area (Å²) in [4.78, 5) is 4.38. The number of nitrogens with zero attached hydrogens (tertiary/aromatic N) is 1. The van der Waals surface area contributed by atoms with Gasteiger partial charge in [0.1, 0.15) is 0 Å². The molecule has 3 heteroatoms. The Balaban J connectivity index is 1.85. The van der Waals surface area contributed by atoms with Gasteiger partial charge in [0, 0.05) is 35.8 Å². The molecule has 0 bridgehead atoms. The molecule has 1 aliphatic heterocycles. The van der Waals surface area contributed by atoms with E-state index in [-0.39, 0.29) is 0 Å². The fourth-order valence-corrected chi connectivity index (χ4v) is 2.54. The molecule has 0 saturated carbocycles. The van der Waals surface area contributed by atoms with Crippen molar-refractivity contribution in [2.45, 2.75) is 19.4 Å². The van der Waals surface area contributed by atoms with E-state index in [0.717, 1.165) is 25.2 Å². The first-order chi connectivity index (χ1) is 8.84. The maximum Gasteiger partial charge on any atom is 0.0722 e. The molecule has 3 rings (SSSR count). The second kappa shape index (κ2) is 4.94. The molecular weight excluding hydrogens is 224 g/mol. The van der Waals surface area contributed by atoms with Crippen LogP contribution in [0.4, 0.5) is 5.69 Å². The second-order valence-corrected chi connectivity index (χ2v) is 4.93. The highest BCUT2D eigenvalue weighted by Gasteiger charge is 2.22. The standard InChI is InChI=1S/C15H18N2O/c1-11(12-7-9-18-10-12)17-15-6-2-5-14-13(15)4-3-8-16-14/h2-6,8,11-12,17H,7,9-10H2,1H3. The third-order valence-electron chi connectivity index (χ3n) is 3.70. The molecule has 2 atom stereocenters. The van der Waals surface area contributed by atoms with Gasteiger partial charge in [-0.25, -0.2) is 0 Å². The third kappa shape index (κ3) is 2.18. The maximum atomic E-state index is 5.45. The molecule has 1 fully saturated rings. The van der Waals surface area contributed by atoms with Gasteiger partial charge < -0.3 is 10.1 Å². The van der Waals surface area contributed by atoms with Crippen LogP contribution >= 0.6 is 0 Å². The summed E-state index contributed by atoms with van der Waals surface area (Å²) in [6.45, 7) is 4.00. The molecule has 1 aromatic heterocycles. The number of nitrogens with one attached hydrogen (secondary N) is 1. The highest BCUT2D eigenvalue weighted by Crippen LogP contribution is 2.25. The minimum atomic E-state index is 0.429. The van der Waals surface area contributed by atoms with Crippen LogP contribution in [0.15, 0.2) is 36.5 Å². The Labute approximate surface area is 107 Å². The summed E-state index contributed by atoms with van der Waals surface area (Å²) >= 11 is 0. The van der Waals surface area contributed by atoms with Gasteiger partial charge in [0.05, 0.1) is 12.1 Å². The van der Waals surface area contributed by atoms with E-state index >= 15 is 0 Å². The average molecular weight is 242 g/mol. The zero-order chi connectivity index (χ0) is 12.4. The number of fused-ring (bicyclic) bond motifs is 1. The quantitative estimate of drug-likeness (QED) is 0.898. The van der Waals surface area contributed by atoms with Crippen molar-refractivity contribution in [2.24, 2.45) is 5.92 Å². The Morgan fingerprint density at radius 3 is 3.11 bits per heavy atom. The molecule has 1 aromatic carbocycles. The van der Waals surface area contributed by atoms with E-state index in [9.17, 15) is 0 Å². The first-order valence-corrected chi connectivity index (χ1v) is 6.52. The fourth-order valence-electron chi connectivity index (χ4n) is 2.54. The molecule has 1 aliphatic rings. The van der Waals surface area contributed by atoms with Crippen molar-refractivity contribution in [1.29, 1.82) is 0 Å². The van der Waals surface area contributed by atoms with Gasteiger partial charge in [0.25, 0.3) is 0 Å². The number of rotatable bonds is 3. The van der Waals surface area contributed by atoms with Crippen LogP contribution in [0.1, 0.15) is 13.3 Å². The molecule has 0 amide bonds. The van der Waals surface area contributed by atoms with Crippen molar-refractivity contribution in [2.75, 3.05) is 18.5 Å². The molecule has 94 valence electrons. The Morgan fingerprint density at radius 1 is 1.33 bits per heavy atom. The number of hydrogen-bond donors (Lipinski definition) is 1. The van der Waals surface area contributed by atoms with Crippen molar-refractivity contribution >= 4 is 16.6 Å². The number of anilines is 1. The summed E-state index contributed by atoms with van der Waals surface area (Å²) in [6.07, 6.45) is 2.98. The second-order valence-electron chi connectivity index (χ2n) is 4.93. The first-order valence-electron chi connectivity index (χ1n) is 6.52. The molecule has 2 unspecified atom stereocenters. The first kappa shape index (κ1) is 11.5. The van der Waals surface area contributed by atoms with E-state index in [2.05, 4.69) is 35.4 Å². The van der Waals surface area contributed by atoms with E-state index in [1.165, 1.54) is 11.1 Å². The van der Waals surface area contributed by atoms with Crippen molar-refractivity contribution in [3.05, 3.63) is 36.5 Å². The minimum absolute atomic E-state index is 0.429. The lowest BCUT2D eigenvalue weighted by Crippen LogP contribution is -2.26. The van der Waals surface area contributed by atoms with E-state index in [1.807, 2.05) is 18.3 Å². The van der Waals surface area contributed by atoms with Crippen LogP contribution in [0.25, 0.3) is 10.9 Å². The van der Waals surface area contributed by atoms with Gasteiger partial charge in [-0.1, -0.05) is 6.07 Å². The molecule has 0 spiro atoms. The lowest BCUT2D eigenvalue weighted by Gasteiger charge is -2.21. The molecule has 0 radical (unpaired) electrons. The summed E-state index contributed by atoms with van der Waals surface area (Å²) in [5.41, 5.74) is 2.21. The van der Waals surface area contributed by atoms with Crippen LogP contribution in [0.3, 0.4) is 0 Å². The summed E-state index contributed by atoms with van der Waals surface area (Å²) in [5, 5.41) is 4.79. The summed E-state index contributed by atoms with van der Waals surface area (Å²) in [5.74, 6) is 0.608. The lowest BCUT2D eigenvalue weighted by molar-refractivity contribution is 0.183. The Kier molecular flexibility index (Phi) is 3.15. The van der Waals surface area contributed by atoms with Gasteiger partial charge in [0.15, 0.2) is 0 Å². The highest BCUT2D eigenvalue weighted by atomic mass is 16.5. The van der Waals surface area contributed by atoms with Crippen molar-refractivity contribution in [1.82, 2.24) is 4.98 Å². The lowest BCUT2D eigenvalue weighted by atomic mass is 10.00. The zero-order valence-electron chi connectivity index (χ0n) is 10.6. The summed E-state index contributed by atoms with van der Waals surface area (Å²) in [6, 6.07) is 10.7. The molecule has 0 aliphatic carbocycles. The van der Waals surface area contributed by atoms with E-state index in [4.69, 9.17) is 4.74 Å². The number of ether oxygens (including phenoxy) is 1. The molecule has 3 nitrogen and oxygen atoms in total. The van der Waals surface area contributed by atoms with Crippen LogP contribution in [0.5, 0.6) is 0 Å². The molecule has 18 heavy (non-hydrogen) atoms. The van der Waals surface area contributed by atoms with Crippen LogP contribution < -0.4 is 5.32 Å². The number of hydrogen-bond acceptors (Lipinski definition) is 3. The smallest absolute Gasteiger partial charge is 0.0722 e. The fraction of sp³-hybridized carbons (Fsp3) is 0.400. The van der Waals surface area contributed by atoms with Crippen LogP contribution in [0.2, 0.25) is 0 Å². The summed E-state index contributed by atoms with van der Waals surface area (Å²) in [7, 11) is 0. The molecule has 2 heterocycles. The predicted octanol–water partition coefficient (Wildman–Crippen LogP) is 3.07. The zero-order valence-corrected chi connectivity index (χ0v) is 10.6. The van der Waals surface area contributed by atoms with Crippen LogP contribution in [-0.4, -0.2) is 24.2 Å². The van der Waals surface area contributed by atoms with Crippen LogP contribution in [0, 0.1) is 5.92 Å². The molecule has 1 N–H and O–H groups in total. The largest absolute Gasteiger partial charge is 0.382 e. The van der Waals surface area contributed by atoms with E-state index < -0.39 is 0 Å². The molecule has 2 aromatic rings. The predicted molar refractivity (Wildman–Crippen MR) is 73.8 cm³/mol. The Hall–Kier alpha value is -1.61. The Bertz CT molecular complexity index is 530. The van der Waals surface area contributed by atoms with E-state index in [1.54, 1.807) is 0 Å². The van der Waals surface area contributed by atoms with Gasteiger partial charge >= 0.3 is 0 Å².